The van der Waals surface area contributed by atoms with Crippen molar-refractivity contribution in [1.82, 2.24) is 4.98 Å². The zero-order valence-electron chi connectivity index (χ0n) is 10.3. The van der Waals surface area contributed by atoms with Gasteiger partial charge in [0.05, 0.1) is 10.6 Å². The first kappa shape index (κ1) is 13.8. The topological polar surface area (TPSA) is 53.4 Å². The number of halogens is 1. The van der Waals surface area contributed by atoms with E-state index in [1.54, 1.807) is 0 Å². The van der Waals surface area contributed by atoms with Crippen LogP contribution in [0.1, 0.15) is 30.6 Å². The molecule has 1 atom stereocenters. The second-order valence-electron chi connectivity index (χ2n) is 4.22. The van der Waals surface area contributed by atoms with Crippen molar-refractivity contribution in [3.8, 4) is 0 Å². The van der Waals surface area contributed by atoms with E-state index in [1.807, 2.05) is 11.9 Å². The molecule has 1 N–H and O–H groups in total. The van der Waals surface area contributed by atoms with Crippen molar-refractivity contribution in [3.05, 3.63) is 22.8 Å². The maximum absolute atomic E-state index is 10.9. The zero-order chi connectivity index (χ0) is 13.0. The molecule has 0 amide bonds. The van der Waals surface area contributed by atoms with Crippen LogP contribution >= 0.6 is 11.6 Å². The van der Waals surface area contributed by atoms with Crippen LogP contribution in [0, 0.1) is 5.92 Å². The van der Waals surface area contributed by atoms with Gasteiger partial charge < -0.3 is 10.0 Å². The first-order valence-electron chi connectivity index (χ1n) is 5.55. The van der Waals surface area contributed by atoms with Crippen molar-refractivity contribution in [1.29, 1.82) is 0 Å². The molecule has 0 fully saturated rings. The third-order valence-corrected chi connectivity index (χ3v) is 3.05. The van der Waals surface area contributed by atoms with Gasteiger partial charge in [-0.05, 0) is 12.0 Å². The lowest BCUT2D eigenvalue weighted by molar-refractivity contribution is 0.0697. The van der Waals surface area contributed by atoms with Crippen LogP contribution in [0.15, 0.2) is 12.3 Å². The predicted molar refractivity (Wildman–Crippen MR) is 68.9 cm³/mol. The summed E-state index contributed by atoms with van der Waals surface area (Å²) >= 11 is 5.77. The zero-order valence-corrected chi connectivity index (χ0v) is 11.0. The second kappa shape index (κ2) is 5.87. The molecular weight excluding hydrogens is 240 g/mol. The van der Waals surface area contributed by atoms with E-state index in [0.717, 1.165) is 13.0 Å². The number of aromatic nitrogens is 1. The van der Waals surface area contributed by atoms with Crippen LogP contribution in [0.4, 0.5) is 5.82 Å². The highest BCUT2D eigenvalue weighted by atomic mass is 35.5. The van der Waals surface area contributed by atoms with Gasteiger partial charge in [0.25, 0.3) is 0 Å². The fraction of sp³-hybridized carbons (Fsp3) is 0.500. The molecule has 0 aliphatic heterocycles. The maximum Gasteiger partial charge on any atom is 0.337 e. The van der Waals surface area contributed by atoms with Gasteiger partial charge in [0.1, 0.15) is 5.82 Å². The second-order valence-corrected chi connectivity index (χ2v) is 4.63. The van der Waals surface area contributed by atoms with E-state index >= 15 is 0 Å². The number of hydrogen-bond donors (Lipinski definition) is 1. The minimum absolute atomic E-state index is 0.0904. The molecular formula is C12H17ClN2O2. The van der Waals surface area contributed by atoms with E-state index in [4.69, 9.17) is 16.7 Å². The Hall–Kier alpha value is -1.29. The fourth-order valence-electron chi connectivity index (χ4n) is 1.49. The van der Waals surface area contributed by atoms with Crippen LogP contribution in [-0.4, -0.2) is 29.7 Å². The first-order valence-corrected chi connectivity index (χ1v) is 5.93. The monoisotopic (exact) mass is 256 g/mol. The molecule has 17 heavy (non-hydrogen) atoms. The van der Waals surface area contributed by atoms with Crippen molar-refractivity contribution in [2.45, 2.75) is 20.3 Å². The Morgan fingerprint density at radius 2 is 2.29 bits per heavy atom. The average Bonchev–Trinajstić information content (AvgIpc) is 2.28. The normalized spacial score (nSPS) is 12.2. The van der Waals surface area contributed by atoms with Crippen molar-refractivity contribution in [2.24, 2.45) is 5.92 Å². The van der Waals surface area contributed by atoms with Crippen LogP contribution < -0.4 is 4.90 Å². The van der Waals surface area contributed by atoms with Gasteiger partial charge in [-0.25, -0.2) is 9.78 Å². The van der Waals surface area contributed by atoms with E-state index < -0.39 is 5.97 Å². The minimum Gasteiger partial charge on any atom is -0.478 e. The van der Waals surface area contributed by atoms with Gasteiger partial charge in [-0.1, -0.05) is 31.9 Å². The Balaban J connectivity index is 2.91. The standard InChI is InChI=1S/C12H17ClN2O2/c1-4-8(2)7-15(3)11-5-9(12(16)17)10(13)6-14-11/h5-6,8H,4,7H2,1-3H3,(H,16,17). The quantitative estimate of drug-likeness (QED) is 0.880. The van der Waals surface area contributed by atoms with E-state index in [9.17, 15) is 4.79 Å². The average molecular weight is 257 g/mol. The summed E-state index contributed by atoms with van der Waals surface area (Å²) in [5.74, 6) is 0.133. The molecule has 0 spiro atoms. The highest BCUT2D eigenvalue weighted by molar-refractivity contribution is 6.33. The van der Waals surface area contributed by atoms with Gasteiger partial charge in [0.15, 0.2) is 0 Å². The predicted octanol–water partition coefficient (Wildman–Crippen LogP) is 2.92. The van der Waals surface area contributed by atoms with Gasteiger partial charge in [-0.2, -0.15) is 0 Å². The summed E-state index contributed by atoms with van der Waals surface area (Å²) in [4.78, 5) is 17.0. The van der Waals surface area contributed by atoms with Gasteiger partial charge in [0.2, 0.25) is 0 Å². The number of aromatic carboxylic acids is 1. The summed E-state index contributed by atoms with van der Waals surface area (Å²) in [6, 6.07) is 1.51. The molecule has 0 radical (unpaired) electrons. The molecule has 0 saturated heterocycles. The van der Waals surface area contributed by atoms with Gasteiger partial charge in [0, 0.05) is 19.8 Å². The summed E-state index contributed by atoms with van der Waals surface area (Å²) < 4.78 is 0. The Bertz CT molecular complexity index is 409. The Morgan fingerprint density at radius 3 is 2.82 bits per heavy atom. The number of pyridine rings is 1. The van der Waals surface area contributed by atoms with Crippen LogP contribution in [-0.2, 0) is 0 Å². The fourth-order valence-corrected chi connectivity index (χ4v) is 1.67. The molecule has 0 bridgehead atoms. The van der Waals surface area contributed by atoms with E-state index in [0.29, 0.717) is 11.7 Å². The third-order valence-electron chi connectivity index (χ3n) is 2.74. The van der Waals surface area contributed by atoms with Crippen LogP contribution in [0.5, 0.6) is 0 Å². The SMILES string of the molecule is CCC(C)CN(C)c1cc(C(=O)O)c(Cl)cn1. The van der Waals surface area contributed by atoms with Gasteiger partial charge in [-0.15, -0.1) is 0 Å². The molecule has 0 aromatic carbocycles. The number of nitrogens with zero attached hydrogens (tertiary/aromatic N) is 2. The highest BCUT2D eigenvalue weighted by Crippen LogP contribution is 2.20. The number of carboxylic acid groups (broad SMARTS) is 1. The van der Waals surface area contributed by atoms with Crippen molar-refractivity contribution >= 4 is 23.4 Å². The highest BCUT2D eigenvalue weighted by Gasteiger charge is 2.13. The Labute approximate surface area is 106 Å². The summed E-state index contributed by atoms with van der Waals surface area (Å²) in [6.07, 6.45) is 2.46. The first-order chi connectivity index (χ1) is 7.95. The molecule has 0 aliphatic rings. The lowest BCUT2D eigenvalue weighted by atomic mass is 10.1. The summed E-state index contributed by atoms with van der Waals surface area (Å²) in [5.41, 5.74) is 0.0904. The van der Waals surface area contributed by atoms with Gasteiger partial charge >= 0.3 is 5.97 Å². The molecule has 1 rings (SSSR count). The number of rotatable bonds is 5. The number of anilines is 1. The molecule has 0 aliphatic carbocycles. The van der Waals surface area contributed by atoms with Gasteiger partial charge in [-0.3, -0.25) is 0 Å². The maximum atomic E-state index is 10.9. The van der Waals surface area contributed by atoms with Crippen LogP contribution in [0.2, 0.25) is 5.02 Å². The lowest BCUT2D eigenvalue weighted by Crippen LogP contribution is -2.24. The number of carbonyl (C=O) groups is 1. The smallest absolute Gasteiger partial charge is 0.337 e. The molecule has 1 aromatic heterocycles. The molecule has 1 heterocycles. The van der Waals surface area contributed by atoms with Crippen molar-refractivity contribution < 1.29 is 9.90 Å². The molecule has 94 valence electrons. The van der Waals surface area contributed by atoms with Crippen LogP contribution in [0.3, 0.4) is 0 Å². The molecule has 5 heteroatoms. The van der Waals surface area contributed by atoms with Crippen molar-refractivity contribution in [2.75, 3.05) is 18.5 Å². The Kier molecular flexibility index (Phi) is 4.75. The minimum atomic E-state index is -1.03. The summed E-state index contributed by atoms with van der Waals surface area (Å²) in [6.45, 7) is 5.10. The third kappa shape index (κ3) is 3.60. The van der Waals surface area contributed by atoms with E-state index in [1.165, 1.54) is 12.3 Å². The summed E-state index contributed by atoms with van der Waals surface area (Å²) in [7, 11) is 1.90. The summed E-state index contributed by atoms with van der Waals surface area (Å²) in [5, 5.41) is 9.13. The molecule has 1 aromatic rings. The number of hydrogen-bond acceptors (Lipinski definition) is 3. The lowest BCUT2D eigenvalue weighted by Gasteiger charge is -2.22. The Morgan fingerprint density at radius 1 is 1.65 bits per heavy atom. The van der Waals surface area contributed by atoms with Crippen LogP contribution in [0.25, 0.3) is 0 Å². The van der Waals surface area contributed by atoms with Crippen molar-refractivity contribution in [3.63, 3.8) is 0 Å². The largest absolute Gasteiger partial charge is 0.478 e. The molecule has 4 nitrogen and oxygen atoms in total. The number of carboxylic acids is 1. The van der Waals surface area contributed by atoms with E-state index in [-0.39, 0.29) is 10.6 Å². The van der Waals surface area contributed by atoms with E-state index in [2.05, 4.69) is 18.8 Å². The molecule has 1 unspecified atom stereocenters. The molecule has 0 saturated carbocycles.